The molecule has 0 bridgehead atoms. The van der Waals surface area contributed by atoms with E-state index in [0.717, 1.165) is 54.0 Å². The molecule has 3 aromatic carbocycles. The smallest absolute Gasteiger partial charge is 0.120 e. The Balaban J connectivity index is 1.43. The van der Waals surface area contributed by atoms with E-state index in [1.807, 2.05) is 48.7 Å². The molecule has 1 aromatic heterocycles. The number of pyridine rings is 1. The highest BCUT2D eigenvalue weighted by Crippen LogP contribution is 2.36. The fraction of sp³-hybridized carbons (Fsp3) is 0.222. The third-order valence-corrected chi connectivity index (χ3v) is 6.60. The summed E-state index contributed by atoms with van der Waals surface area (Å²) in [4.78, 5) is 9.33. The van der Waals surface area contributed by atoms with Crippen LogP contribution in [0.3, 0.4) is 0 Å². The lowest BCUT2D eigenvalue weighted by atomic mass is 9.95. The molecule has 1 aliphatic rings. The van der Waals surface area contributed by atoms with Crippen LogP contribution in [-0.4, -0.2) is 48.3 Å². The first kappa shape index (κ1) is 21.6. The molecule has 0 aliphatic carbocycles. The number of anilines is 1. The number of benzene rings is 3. The van der Waals surface area contributed by atoms with E-state index >= 15 is 0 Å². The van der Waals surface area contributed by atoms with Gasteiger partial charge in [-0.3, -0.25) is 9.88 Å². The highest BCUT2D eigenvalue weighted by Gasteiger charge is 2.28. The molecule has 5 rings (SSSR count). The normalized spacial score (nSPS) is 15.5. The zero-order valence-electron chi connectivity index (χ0n) is 18.5. The third-order valence-electron chi connectivity index (χ3n) is 6.36. The van der Waals surface area contributed by atoms with Gasteiger partial charge in [-0.25, -0.2) is 0 Å². The first-order chi connectivity index (χ1) is 16.1. The summed E-state index contributed by atoms with van der Waals surface area (Å²) in [5.41, 5.74) is 4.14. The molecular weight excluding hydrogens is 434 g/mol. The van der Waals surface area contributed by atoms with Crippen LogP contribution >= 0.6 is 11.6 Å². The number of phenolic OH excluding ortho intramolecular Hbond substituents is 1. The topological polar surface area (TPSA) is 48.8 Å². The number of halogens is 1. The molecule has 1 fully saturated rings. The van der Waals surface area contributed by atoms with E-state index in [2.05, 4.69) is 39.0 Å². The molecule has 4 aromatic rings. The molecule has 0 spiro atoms. The van der Waals surface area contributed by atoms with E-state index in [4.69, 9.17) is 16.3 Å². The average Bonchev–Trinajstić information content (AvgIpc) is 2.86. The number of para-hydroxylation sites is 1. The highest BCUT2D eigenvalue weighted by molar-refractivity contribution is 6.31. The second-order valence-corrected chi connectivity index (χ2v) is 8.69. The maximum atomic E-state index is 10.7. The molecule has 0 saturated carbocycles. The van der Waals surface area contributed by atoms with Crippen LogP contribution in [0.15, 0.2) is 79.0 Å². The number of fused-ring (bicyclic) bond motifs is 1. The standard InChI is InChI=1S/C27H26ClN3O2/c1-33-21-9-6-19(7-10-21)27(23-4-2-3-5-26(23)32)31-16-14-30(15-17-31)25-12-13-29-24-18-20(28)8-11-22(24)25/h2-13,18,27,32H,14-17H2,1H3. The van der Waals surface area contributed by atoms with Crippen LogP contribution < -0.4 is 9.64 Å². The number of hydrogen-bond donors (Lipinski definition) is 1. The van der Waals surface area contributed by atoms with Crippen LogP contribution in [0.4, 0.5) is 5.69 Å². The number of ether oxygens (including phenoxy) is 1. The van der Waals surface area contributed by atoms with Gasteiger partial charge in [0.15, 0.2) is 0 Å². The maximum Gasteiger partial charge on any atom is 0.120 e. The van der Waals surface area contributed by atoms with E-state index in [0.29, 0.717) is 10.8 Å². The van der Waals surface area contributed by atoms with Crippen LogP contribution in [0.2, 0.25) is 5.02 Å². The second-order valence-electron chi connectivity index (χ2n) is 8.25. The first-order valence-corrected chi connectivity index (χ1v) is 11.5. The van der Waals surface area contributed by atoms with Crippen LogP contribution in [0, 0.1) is 0 Å². The number of rotatable bonds is 5. The summed E-state index contributed by atoms with van der Waals surface area (Å²) >= 11 is 6.17. The second kappa shape index (κ2) is 9.30. The predicted molar refractivity (Wildman–Crippen MR) is 133 cm³/mol. The molecule has 2 heterocycles. The number of aromatic hydroxyl groups is 1. The van der Waals surface area contributed by atoms with Gasteiger partial charge < -0.3 is 14.7 Å². The number of piperazine rings is 1. The number of nitrogens with zero attached hydrogens (tertiary/aromatic N) is 3. The minimum Gasteiger partial charge on any atom is -0.508 e. The average molecular weight is 460 g/mol. The highest BCUT2D eigenvalue weighted by atomic mass is 35.5. The number of hydrogen-bond acceptors (Lipinski definition) is 5. The summed E-state index contributed by atoms with van der Waals surface area (Å²) in [6, 6.07) is 23.7. The van der Waals surface area contributed by atoms with Crippen molar-refractivity contribution in [1.82, 2.24) is 9.88 Å². The Morgan fingerprint density at radius 1 is 0.939 bits per heavy atom. The quantitative estimate of drug-likeness (QED) is 0.426. The monoisotopic (exact) mass is 459 g/mol. The van der Waals surface area contributed by atoms with Crippen molar-refractivity contribution in [3.63, 3.8) is 0 Å². The summed E-state index contributed by atoms with van der Waals surface area (Å²) in [5.74, 6) is 1.14. The van der Waals surface area contributed by atoms with Crippen LogP contribution in [0.25, 0.3) is 10.9 Å². The van der Waals surface area contributed by atoms with Gasteiger partial charge in [-0.2, -0.15) is 0 Å². The largest absolute Gasteiger partial charge is 0.508 e. The minimum atomic E-state index is -0.0350. The van der Waals surface area contributed by atoms with Crippen molar-refractivity contribution < 1.29 is 9.84 Å². The number of phenols is 1. The van der Waals surface area contributed by atoms with E-state index in [9.17, 15) is 5.11 Å². The van der Waals surface area contributed by atoms with Crippen LogP contribution in [-0.2, 0) is 0 Å². The molecule has 1 saturated heterocycles. The van der Waals surface area contributed by atoms with Gasteiger partial charge in [-0.1, -0.05) is 41.9 Å². The van der Waals surface area contributed by atoms with Crippen molar-refractivity contribution in [1.29, 1.82) is 0 Å². The molecule has 33 heavy (non-hydrogen) atoms. The summed E-state index contributed by atoms with van der Waals surface area (Å²) in [7, 11) is 1.67. The van der Waals surface area contributed by atoms with Crippen molar-refractivity contribution >= 4 is 28.2 Å². The van der Waals surface area contributed by atoms with E-state index in [-0.39, 0.29) is 6.04 Å². The summed E-state index contributed by atoms with van der Waals surface area (Å²) in [6.07, 6.45) is 1.85. The van der Waals surface area contributed by atoms with Gasteiger partial charge in [0, 0.05) is 54.0 Å². The van der Waals surface area contributed by atoms with E-state index in [1.165, 1.54) is 5.69 Å². The number of methoxy groups -OCH3 is 1. The Morgan fingerprint density at radius 2 is 1.70 bits per heavy atom. The molecule has 6 heteroatoms. The van der Waals surface area contributed by atoms with Crippen molar-refractivity contribution in [3.05, 3.63) is 95.1 Å². The SMILES string of the molecule is COc1ccc(C(c2ccccc2O)N2CCN(c3ccnc4cc(Cl)ccc34)CC2)cc1. The Bertz CT molecular complexity index is 1250. The third kappa shape index (κ3) is 4.34. The van der Waals surface area contributed by atoms with E-state index in [1.54, 1.807) is 13.2 Å². The molecule has 1 N–H and O–H groups in total. The molecule has 0 radical (unpaired) electrons. The molecule has 168 valence electrons. The van der Waals surface area contributed by atoms with Gasteiger partial charge in [0.05, 0.1) is 18.7 Å². The minimum absolute atomic E-state index is 0.0350. The van der Waals surface area contributed by atoms with Gasteiger partial charge in [0.25, 0.3) is 0 Å². The lowest BCUT2D eigenvalue weighted by molar-refractivity contribution is 0.209. The summed E-state index contributed by atoms with van der Waals surface area (Å²) < 4.78 is 5.35. The lowest BCUT2D eigenvalue weighted by Crippen LogP contribution is -2.48. The zero-order chi connectivity index (χ0) is 22.8. The Labute approximate surface area is 198 Å². The lowest BCUT2D eigenvalue weighted by Gasteiger charge is -2.41. The van der Waals surface area contributed by atoms with Crippen molar-refractivity contribution in [3.8, 4) is 11.5 Å². The predicted octanol–water partition coefficient (Wildman–Crippen LogP) is 5.51. The van der Waals surface area contributed by atoms with Crippen molar-refractivity contribution in [2.75, 3.05) is 38.2 Å². The molecule has 1 unspecified atom stereocenters. The van der Waals surface area contributed by atoms with Gasteiger partial charge in [0.2, 0.25) is 0 Å². The zero-order valence-corrected chi connectivity index (χ0v) is 19.2. The maximum absolute atomic E-state index is 10.7. The van der Waals surface area contributed by atoms with Gasteiger partial charge in [-0.05, 0) is 48.0 Å². The summed E-state index contributed by atoms with van der Waals surface area (Å²) in [6.45, 7) is 3.48. The summed E-state index contributed by atoms with van der Waals surface area (Å²) in [5, 5.41) is 12.5. The molecule has 5 nitrogen and oxygen atoms in total. The van der Waals surface area contributed by atoms with Crippen molar-refractivity contribution in [2.24, 2.45) is 0 Å². The van der Waals surface area contributed by atoms with Crippen LogP contribution in [0.1, 0.15) is 17.2 Å². The molecule has 0 amide bonds. The Morgan fingerprint density at radius 3 is 2.42 bits per heavy atom. The molecule has 1 aliphatic heterocycles. The van der Waals surface area contributed by atoms with Gasteiger partial charge >= 0.3 is 0 Å². The Hall–Kier alpha value is -3.28. The molecule has 1 atom stereocenters. The number of aromatic nitrogens is 1. The van der Waals surface area contributed by atoms with E-state index < -0.39 is 0 Å². The van der Waals surface area contributed by atoms with Crippen molar-refractivity contribution in [2.45, 2.75) is 6.04 Å². The fourth-order valence-electron chi connectivity index (χ4n) is 4.69. The Kier molecular flexibility index (Phi) is 6.07. The van der Waals surface area contributed by atoms with Crippen LogP contribution in [0.5, 0.6) is 11.5 Å². The molecular formula is C27H26ClN3O2. The van der Waals surface area contributed by atoms with Gasteiger partial charge in [0.1, 0.15) is 11.5 Å². The first-order valence-electron chi connectivity index (χ1n) is 11.1. The van der Waals surface area contributed by atoms with Gasteiger partial charge in [-0.15, -0.1) is 0 Å². The fourth-order valence-corrected chi connectivity index (χ4v) is 4.86.